The number of nitrogens with zero attached hydrogens (tertiary/aromatic N) is 1. The third-order valence-corrected chi connectivity index (χ3v) is 5.71. The zero-order valence-corrected chi connectivity index (χ0v) is 18.8. The highest BCUT2D eigenvalue weighted by Gasteiger charge is 2.39. The summed E-state index contributed by atoms with van der Waals surface area (Å²) in [5.41, 5.74) is 3.62. The maximum absolute atomic E-state index is 12.6. The molecule has 0 bridgehead atoms. The number of ether oxygens (including phenoxy) is 2. The summed E-state index contributed by atoms with van der Waals surface area (Å²) >= 11 is 0. The molecule has 0 radical (unpaired) electrons. The molecule has 1 aliphatic carbocycles. The van der Waals surface area contributed by atoms with Gasteiger partial charge in [0.25, 0.3) is 0 Å². The molecule has 1 heterocycles. The highest BCUT2D eigenvalue weighted by atomic mass is 19.4. The molecule has 0 fully saturated rings. The Hall–Kier alpha value is -3.12. The number of fused-ring (bicyclic) bond motifs is 1. The first-order chi connectivity index (χ1) is 15.6. The molecule has 33 heavy (non-hydrogen) atoms. The van der Waals surface area contributed by atoms with Crippen molar-refractivity contribution in [2.75, 3.05) is 6.61 Å². The molecule has 2 aromatic carbocycles. The SMILES string of the molecule is CC(C)c1cc(-c2cccc(OCC3=CCC(C)(OC(F)(F)F)C=C3)c2)c2ncccc2c1. The van der Waals surface area contributed by atoms with Crippen LogP contribution in [0.25, 0.3) is 22.0 Å². The van der Waals surface area contributed by atoms with Gasteiger partial charge in [0.1, 0.15) is 12.4 Å². The van der Waals surface area contributed by atoms with Crippen LogP contribution in [-0.4, -0.2) is 23.6 Å². The van der Waals surface area contributed by atoms with E-state index in [1.54, 1.807) is 18.3 Å². The topological polar surface area (TPSA) is 31.4 Å². The average Bonchev–Trinajstić information content (AvgIpc) is 2.77. The first-order valence-electron chi connectivity index (χ1n) is 10.9. The molecule has 0 amide bonds. The zero-order chi connectivity index (χ0) is 23.6. The first kappa shape index (κ1) is 23.1. The van der Waals surface area contributed by atoms with Crippen molar-refractivity contribution in [1.29, 1.82) is 0 Å². The Morgan fingerprint density at radius 1 is 1.09 bits per heavy atom. The minimum atomic E-state index is -4.67. The van der Waals surface area contributed by atoms with Gasteiger partial charge in [-0.1, -0.05) is 50.3 Å². The van der Waals surface area contributed by atoms with Crippen LogP contribution in [0.3, 0.4) is 0 Å². The van der Waals surface area contributed by atoms with Gasteiger partial charge in [0.15, 0.2) is 0 Å². The van der Waals surface area contributed by atoms with Gasteiger partial charge >= 0.3 is 6.36 Å². The molecule has 4 rings (SSSR count). The van der Waals surface area contributed by atoms with Crippen molar-refractivity contribution in [2.45, 2.75) is 45.1 Å². The molecule has 0 saturated carbocycles. The lowest BCUT2D eigenvalue weighted by Crippen LogP contribution is -2.34. The summed E-state index contributed by atoms with van der Waals surface area (Å²) in [5.74, 6) is 1.06. The van der Waals surface area contributed by atoms with E-state index < -0.39 is 12.0 Å². The number of hydrogen-bond acceptors (Lipinski definition) is 3. The molecule has 1 unspecified atom stereocenters. The van der Waals surface area contributed by atoms with E-state index in [1.807, 2.05) is 30.3 Å². The Bertz CT molecular complexity index is 1210. The molecule has 0 aliphatic heterocycles. The largest absolute Gasteiger partial charge is 0.523 e. The number of aromatic nitrogens is 1. The van der Waals surface area contributed by atoms with Gasteiger partial charge in [0.05, 0.1) is 11.1 Å². The fraction of sp³-hybridized carbons (Fsp3) is 0.296. The van der Waals surface area contributed by atoms with Crippen molar-refractivity contribution in [1.82, 2.24) is 4.98 Å². The van der Waals surface area contributed by atoms with Crippen LogP contribution >= 0.6 is 0 Å². The Labute approximate surface area is 191 Å². The Morgan fingerprint density at radius 3 is 2.61 bits per heavy atom. The van der Waals surface area contributed by atoms with Gasteiger partial charge in [-0.2, -0.15) is 0 Å². The van der Waals surface area contributed by atoms with Crippen LogP contribution in [0, 0.1) is 0 Å². The highest BCUT2D eigenvalue weighted by molar-refractivity contribution is 5.94. The van der Waals surface area contributed by atoms with Crippen molar-refractivity contribution in [3.63, 3.8) is 0 Å². The lowest BCUT2D eigenvalue weighted by molar-refractivity contribution is -0.355. The minimum absolute atomic E-state index is 0.126. The van der Waals surface area contributed by atoms with E-state index in [2.05, 4.69) is 41.8 Å². The molecular weight excluding hydrogens is 427 g/mol. The second-order valence-corrected chi connectivity index (χ2v) is 8.79. The molecular formula is C27H26F3NO2. The Balaban J connectivity index is 1.52. The van der Waals surface area contributed by atoms with Gasteiger partial charge in [-0.05, 0) is 66.3 Å². The monoisotopic (exact) mass is 453 g/mol. The van der Waals surface area contributed by atoms with Gasteiger partial charge < -0.3 is 4.74 Å². The second kappa shape index (κ2) is 9.02. The summed E-state index contributed by atoms with van der Waals surface area (Å²) in [7, 11) is 0. The van der Waals surface area contributed by atoms with Crippen molar-refractivity contribution in [3.05, 3.63) is 84.1 Å². The molecule has 3 aromatic rings. The lowest BCUT2D eigenvalue weighted by atomic mass is 9.94. The quantitative estimate of drug-likeness (QED) is 0.385. The third-order valence-electron chi connectivity index (χ3n) is 5.71. The predicted molar refractivity (Wildman–Crippen MR) is 124 cm³/mol. The summed E-state index contributed by atoms with van der Waals surface area (Å²) in [4.78, 5) is 4.59. The number of hydrogen-bond donors (Lipinski definition) is 0. The summed E-state index contributed by atoms with van der Waals surface area (Å²) in [6, 6.07) is 16.2. The maximum Gasteiger partial charge on any atom is 0.523 e. The van der Waals surface area contributed by atoms with Crippen LogP contribution < -0.4 is 4.74 Å². The van der Waals surface area contributed by atoms with Crippen LogP contribution in [0.2, 0.25) is 0 Å². The van der Waals surface area contributed by atoms with Crippen molar-refractivity contribution < 1.29 is 22.6 Å². The number of halogens is 3. The van der Waals surface area contributed by atoms with Crippen LogP contribution in [0.4, 0.5) is 13.2 Å². The molecule has 1 aromatic heterocycles. The molecule has 6 heteroatoms. The van der Waals surface area contributed by atoms with E-state index >= 15 is 0 Å². The second-order valence-electron chi connectivity index (χ2n) is 8.79. The molecule has 172 valence electrons. The smallest absolute Gasteiger partial charge is 0.489 e. The summed E-state index contributed by atoms with van der Waals surface area (Å²) in [6.45, 7) is 6.00. The van der Waals surface area contributed by atoms with Gasteiger partial charge in [-0.3, -0.25) is 9.72 Å². The third kappa shape index (κ3) is 5.63. The number of benzene rings is 2. The van der Waals surface area contributed by atoms with Gasteiger partial charge in [-0.15, -0.1) is 13.2 Å². The van der Waals surface area contributed by atoms with E-state index in [9.17, 15) is 13.2 Å². The van der Waals surface area contributed by atoms with Crippen molar-refractivity contribution in [3.8, 4) is 16.9 Å². The van der Waals surface area contributed by atoms with Crippen LogP contribution in [0.5, 0.6) is 5.75 Å². The zero-order valence-electron chi connectivity index (χ0n) is 18.8. The van der Waals surface area contributed by atoms with Crippen molar-refractivity contribution >= 4 is 10.9 Å². The van der Waals surface area contributed by atoms with Crippen LogP contribution in [0.1, 0.15) is 38.7 Å². The van der Waals surface area contributed by atoms with E-state index in [0.717, 1.165) is 27.6 Å². The fourth-order valence-corrected chi connectivity index (χ4v) is 3.89. The molecule has 1 atom stereocenters. The Morgan fingerprint density at radius 2 is 1.91 bits per heavy atom. The molecule has 0 N–H and O–H groups in total. The van der Waals surface area contributed by atoms with E-state index in [-0.39, 0.29) is 13.0 Å². The van der Waals surface area contributed by atoms with E-state index in [0.29, 0.717) is 11.7 Å². The predicted octanol–water partition coefficient (Wildman–Crippen LogP) is 7.59. The van der Waals surface area contributed by atoms with Crippen LogP contribution in [0.15, 0.2) is 78.5 Å². The van der Waals surface area contributed by atoms with Gasteiger partial charge in [0.2, 0.25) is 0 Å². The average molecular weight is 454 g/mol. The standard InChI is InChI=1S/C27H26F3NO2/c1-18(2)22-14-21-7-5-13-31-25(21)24(16-22)20-6-4-8-23(15-20)32-17-19-9-11-26(3,12-10-19)33-27(28,29)30/h4-11,13-16,18H,12,17H2,1-3H3. The molecule has 0 spiro atoms. The van der Waals surface area contributed by atoms with Crippen molar-refractivity contribution in [2.24, 2.45) is 0 Å². The summed E-state index contributed by atoms with van der Waals surface area (Å²) in [5, 5.41) is 1.09. The molecule has 1 aliphatic rings. The summed E-state index contributed by atoms with van der Waals surface area (Å²) < 4.78 is 48.0. The van der Waals surface area contributed by atoms with Crippen LogP contribution in [-0.2, 0) is 4.74 Å². The normalized spacial score (nSPS) is 18.6. The molecule has 3 nitrogen and oxygen atoms in total. The molecule has 0 saturated heterocycles. The van der Waals surface area contributed by atoms with E-state index in [1.165, 1.54) is 18.6 Å². The van der Waals surface area contributed by atoms with Gasteiger partial charge in [-0.25, -0.2) is 0 Å². The minimum Gasteiger partial charge on any atom is -0.489 e. The number of pyridine rings is 1. The first-order valence-corrected chi connectivity index (χ1v) is 10.9. The highest BCUT2D eigenvalue weighted by Crippen LogP contribution is 2.34. The summed E-state index contributed by atoms with van der Waals surface area (Å²) in [6.07, 6.45) is 2.03. The van der Waals surface area contributed by atoms with E-state index in [4.69, 9.17) is 4.74 Å². The fourth-order valence-electron chi connectivity index (χ4n) is 3.89. The number of alkyl halides is 3. The lowest BCUT2D eigenvalue weighted by Gasteiger charge is -2.29. The number of rotatable bonds is 6. The van der Waals surface area contributed by atoms with Gasteiger partial charge in [0, 0.05) is 17.1 Å². The Kier molecular flexibility index (Phi) is 6.30. The maximum atomic E-state index is 12.6.